The van der Waals surface area contributed by atoms with Crippen LogP contribution in [0.25, 0.3) is 0 Å². The first-order valence-electron chi connectivity index (χ1n) is 6.54. The van der Waals surface area contributed by atoms with Crippen molar-refractivity contribution in [2.75, 3.05) is 19.6 Å². The minimum Gasteiger partial charge on any atom is -0.304 e. The number of aryl methyl sites for hydroxylation is 1. The molecule has 1 nitrogen and oxygen atoms in total. The summed E-state index contributed by atoms with van der Waals surface area (Å²) in [5.74, 6) is 0. The monoisotopic (exact) mass is 221 g/mol. The standard InChI is InChI=1S/C8H10.C7H17N/c1-2-8-6-4-3-5-7-8;1-4-7-8(5-2)6-3/h3-7H,2H2,1H3;4-7H2,1-3H3. The van der Waals surface area contributed by atoms with Gasteiger partial charge in [-0.1, -0.05) is 58.0 Å². The van der Waals surface area contributed by atoms with Gasteiger partial charge >= 0.3 is 0 Å². The van der Waals surface area contributed by atoms with Gasteiger partial charge in [0.2, 0.25) is 0 Å². The fourth-order valence-corrected chi connectivity index (χ4v) is 1.57. The van der Waals surface area contributed by atoms with Crippen molar-refractivity contribution in [3.63, 3.8) is 0 Å². The van der Waals surface area contributed by atoms with Crippen LogP contribution in [0.15, 0.2) is 30.3 Å². The highest BCUT2D eigenvalue weighted by Crippen LogP contribution is 1.96. The van der Waals surface area contributed by atoms with E-state index in [9.17, 15) is 0 Å². The molecule has 0 saturated heterocycles. The second kappa shape index (κ2) is 10.7. The van der Waals surface area contributed by atoms with Crippen molar-refractivity contribution in [1.82, 2.24) is 4.90 Å². The lowest BCUT2D eigenvalue weighted by Crippen LogP contribution is -2.23. The van der Waals surface area contributed by atoms with E-state index in [2.05, 4.69) is 56.9 Å². The van der Waals surface area contributed by atoms with Gasteiger partial charge in [-0.2, -0.15) is 0 Å². The number of hydrogen-bond donors (Lipinski definition) is 0. The van der Waals surface area contributed by atoms with Gasteiger partial charge in [0, 0.05) is 0 Å². The van der Waals surface area contributed by atoms with E-state index in [1.54, 1.807) is 0 Å². The van der Waals surface area contributed by atoms with Gasteiger partial charge in [0.1, 0.15) is 0 Å². The van der Waals surface area contributed by atoms with Gasteiger partial charge in [-0.15, -0.1) is 0 Å². The zero-order chi connectivity index (χ0) is 12.2. The predicted molar refractivity (Wildman–Crippen MR) is 73.9 cm³/mol. The summed E-state index contributed by atoms with van der Waals surface area (Å²) >= 11 is 0. The van der Waals surface area contributed by atoms with Crippen molar-refractivity contribution in [2.45, 2.75) is 40.5 Å². The van der Waals surface area contributed by atoms with E-state index >= 15 is 0 Å². The summed E-state index contributed by atoms with van der Waals surface area (Å²) in [7, 11) is 0. The van der Waals surface area contributed by atoms with Gasteiger partial charge < -0.3 is 4.90 Å². The predicted octanol–water partition coefficient (Wildman–Crippen LogP) is 3.99. The molecule has 0 aliphatic rings. The Hall–Kier alpha value is -0.820. The molecule has 0 aromatic heterocycles. The third kappa shape index (κ3) is 7.47. The summed E-state index contributed by atoms with van der Waals surface area (Å²) in [5.41, 5.74) is 1.41. The smallest absolute Gasteiger partial charge is 0.00216 e. The third-order valence-electron chi connectivity index (χ3n) is 2.69. The van der Waals surface area contributed by atoms with Crippen molar-refractivity contribution >= 4 is 0 Å². The first-order valence-corrected chi connectivity index (χ1v) is 6.54. The first kappa shape index (κ1) is 15.2. The highest BCUT2D eigenvalue weighted by atomic mass is 15.1. The fourth-order valence-electron chi connectivity index (χ4n) is 1.57. The van der Waals surface area contributed by atoms with Gasteiger partial charge in [0.15, 0.2) is 0 Å². The average Bonchev–Trinajstić information content (AvgIpc) is 2.37. The molecular formula is C15H27N. The summed E-state index contributed by atoms with van der Waals surface area (Å²) in [6.45, 7) is 12.5. The Morgan fingerprint density at radius 2 is 1.44 bits per heavy atom. The van der Waals surface area contributed by atoms with Crippen LogP contribution in [-0.4, -0.2) is 24.5 Å². The van der Waals surface area contributed by atoms with Gasteiger partial charge in [0.05, 0.1) is 0 Å². The molecule has 0 aliphatic carbocycles. The van der Waals surface area contributed by atoms with Gasteiger partial charge in [-0.3, -0.25) is 0 Å². The normalized spacial score (nSPS) is 9.81. The molecule has 0 spiro atoms. The number of hydrogen-bond acceptors (Lipinski definition) is 1. The van der Waals surface area contributed by atoms with Crippen LogP contribution in [0, 0.1) is 0 Å². The number of rotatable bonds is 5. The van der Waals surface area contributed by atoms with Gasteiger partial charge in [0.25, 0.3) is 0 Å². The summed E-state index contributed by atoms with van der Waals surface area (Å²) in [4.78, 5) is 2.43. The molecule has 0 atom stereocenters. The zero-order valence-electron chi connectivity index (χ0n) is 11.4. The summed E-state index contributed by atoms with van der Waals surface area (Å²) in [5, 5.41) is 0. The summed E-state index contributed by atoms with van der Waals surface area (Å²) in [6.07, 6.45) is 2.42. The van der Waals surface area contributed by atoms with Crippen LogP contribution in [0.5, 0.6) is 0 Å². The Morgan fingerprint density at radius 1 is 0.875 bits per heavy atom. The van der Waals surface area contributed by atoms with Crippen molar-refractivity contribution in [2.24, 2.45) is 0 Å². The molecule has 0 amide bonds. The quantitative estimate of drug-likeness (QED) is 0.727. The van der Waals surface area contributed by atoms with Gasteiger partial charge in [-0.05, 0) is 38.0 Å². The lowest BCUT2D eigenvalue weighted by atomic mass is 10.2. The highest BCUT2D eigenvalue weighted by Gasteiger charge is 1.92. The first-order chi connectivity index (χ1) is 7.78. The number of benzene rings is 1. The van der Waals surface area contributed by atoms with Crippen LogP contribution in [0.4, 0.5) is 0 Å². The molecule has 0 radical (unpaired) electrons. The molecule has 0 aliphatic heterocycles. The zero-order valence-corrected chi connectivity index (χ0v) is 11.4. The maximum Gasteiger partial charge on any atom is -0.00216 e. The van der Waals surface area contributed by atoms with Crippen LogP contribution in [0.1, 0.15) is 39.7 Å². The second-order valence-electron chi connectivity index (χ2n) is 3.87. The molecule has 1 rings (SSSR count). The maximum absolute atomic E-state index is 2.43. The molecule has 92 valence electrons. The Morgan fingerprint density at radius 3 is 1.69 bits per heavy atom. The molecule has 1 heteroatoms. The van der Waals surface area contributed by atoms with Crippen molar-refractivity contribution in [3.8, 4) is 0 Å². The molecular weight excluding hydrogens is 194 g/mol. The topological polar surface area (TPSA) is 3.24 Å². The summed E-state index contributed by atoms with van der Waals surface area (Å²) in [6, 6.07) is 10.5. The van der Waals surface area contributed by atoms with E-state index in [-0.39, 0.29) is 0 Å². The Balaban J connectivity index is 0.000000281. The van der Waals surface area contributed by atoms with Crippen molar-refractivity contribution in [3.05, 3.63) is 35.9 Å². The Labute approximate surface area is 101 Å². The molecule has 1 aromatic carbocycles. The van der Waals surface area contributed by atoms with E-state index in [0.717, 1.165) is 6.42 Å². The van der Waals surface area contributed by atoms with Crippen LogP contribution >= 0.6 is 0 Å². The number of nitrogens with zero attached hydrogens (tertiary/aromatic N) is 1. The van der Waals surface area contributed by atoms with Gasteiger partial charge in [-0.25, -0.2) is 0 Å². The minimum atomic E-state index is 1.14. The van der Waals surface area contributed by atoms with Crippen LogP contribution in [0.3, 0.4) is 0 Å². The van der Waals surface area contributed by atoms with E-state index in [1.165, 1.54) is 31.6 Å². The fraction of sp³-hybridized carbons (Fsp3) is 0.600. The third-order valence-corrected chi connectivity index (χ3v) is 2.69. The average molecular weight is 221 g/mol. The highest BCUT2D eigenvalue weighted by molar-refractivity contribution is 5.13. The molecule has 0 unspecified atom stereocenters. The summed E-state index contributed by atoms with van der Waals surface area (Å²) < 4.78 is 0. The van der Waals surface area contributed by atoms with E-state index in [0.29, 0.717) is 0 Å². The van der Waals surface area contributed by atoms with E-state index in [4.69, 9.17) is 0 Å². The second-order valence-corrected chi connectivity index (χ2v) is 3.87. The molecule has 1 aromatic rings. The van der Waals surface area contributed by atoms with Crippen LogP contribution in [-0.2, 0) is 6.42 Å². The lowest BCUT2D eigenvalue weighted by Gasteiger charge is -2.15. The van der Waals surface area contributed by atoms with E-state index < -0.39 is 0 Å². The Kier molecular flexibility index (Phi) is 10.1. The Bertz CT molecular complexity index is 226. The van der Waals surface area contributed by atoms with Crippen molar-refractivity contribution in [1.29, 1.82) is 0 Å². The lowest BCUT2D eigenvalue weighted by molar-refractivity contribution is 0.304. The molecule has 0 fully saturated rings. The molecule has 16 heavy (non-hydrogen) atoms. The van der Waals surface area contributed by atoms with Crippen LogP contribution < -0.4 is 0 Å². The minimum absolute atomic E-state index is 1.14. The molecule has 0 bridgehead atoms. The molecule has 0 saturated carbocycles. The molecule has 0 N–H and O–H groups in total. The maximum atomic E-state index is 2.43. The van der Waals surface area contributed by atoms with E-state index in [1.807, 2.05) is 6.07 Å². The van der Waals surface area contributed by atoms with Crippen molar-refractivity contribution < 1.29 is 0 Å². The molecule has 0 heterocycles. The SMILES string of the molecule is CCCN(CC)CC.CCc1ccccc1. The van der Waals surface area contributed by atoms with Crippen LogP contribution in [0.2, 0.25) is 0 Å². The largest absolute Gasteiger partial charge is 0.304 e.